The number of esters is 1. The Hall–Kier alpha value is -4.97. The van der Waals surface area contributed by atoms with Crippen molar-refractivity contribution in [3.05, 3.63) is 125 Å². The standard InChI is InChI=1S/C32H27N3O3/c1-20-13-15-24(16-14-20)32(37)38-27-12-8-7-11-25(27)19-33-35-31(36)30-28(23-9-5-4-6-10-23)26-18-21(2)17-22(3)29(26)34-30/h4-19,34H,1-3H3,(H,35,36). The predicted octanol–water partition coefficient (Wildman–Crippen LogP) is 6.74. The monoisotopic (exact) mass is 501 g/mol. The molecule has 0 bridgehead atoms. The van der Waals surface area contributed by atoms with Crippen LogP contribution in [0.2, 0.25) is 0 Å². The molecule has 188 valence electrons. The Morgan fingerprint density at radius 3 is 2.32 bits per heavy atom. The lowest BCUT2D eigenvalue weighted by molar-refractivity contribution is 0.0734. The lowest BCUT2D eigenvalue weighted by Gasteiger charge is -2.08. The number of para-hydroxylation sites is 1. The highest BCUT2D eigenvalue weighted by Crippen LogP contribution is 2.34. The molecule has 6 heteroatoms. The number of aromatic amines is 1. The van der Waals surface area contributed by atoms with E-state index < -0.39 is 5.97 Å². The van der Waals surface area contributed by atoms with E-state index >= 15 is 0 Å². The van der Waals surface area contributed by atoms with Crippen LogP contribution in [0.25, 0.3) is 22.0 Å². The molecule has 0 radical (unpaired) electrons. The Kier molecular flexibility index (Phi) is 6.87. The topological polar surface area (TPSA) is 83.5 Å². The highest BCUT2D eigenvalue weighted by atomic mass is 16.5. The molecule has 0 aliphatic heterocycles. The van der Waals surface area contributed by atoms with Crippen molar-refractivity contribution in [1.82, 2.24) is 10.4 Å². The molecule has 0 aliphatic carbocycles. The first-order chi connectivity index (χ1) is 18.4. The second-order valence-electron chi connectivity index (χ2n) is 9.24. The summed E-state index contributed by atoms with van der Waals surface area (Å²) in [6.07, 6.45) is 1.47. The molecule has 5 rings (SSSR count). The minimum atomic E-state index is -0.467. The molecule has 0 atom stereocenters. The summed E-state index contributed by atoms with van der Waals surface area (Å²) in [6, 6.07) is 28.2. The maximum Gasteiger partial charge on any atom is 0.343 e. The third-order valence-corrected chi connectivity index (χ3v) is 6.32. The zero-order valence-corrected chi connectivity index (χ0v) is 21.4. The molecule has 2 N–H and O–H groups in total. The number of aryl methyl sites for hydroxylation is 3. The maximum absolute atomic E-state index is 13.3. The highest BCUT2D eigenvalue weighted by molar-refractivity contribution is 6.10. The minimum Gasteiger partial charge on any atom is -0.422 e. The van der Waals surface area contributed by atoms with Gasteiger partial charge in [0.1, 0.15) is 11.4 Å². The number of hydrazone groups is 1. The van der Waals surface area contributed by atoms with Gasteiger partial charge in [-0.1, -0.05) is 71.8 Å². The van der Waals surface area contributed by atoms with E-state index in [1.165, 1.54) is 6.21 Å². The zero-order chi connectivity index (χ0) is 26.6. The molecular weight excluding hydrogens is 474 g/mol. The van der Waals surface area contributed by atoms with Crippen molar-refractivity contribution in [3.63, 3.8) is 0 Å². The summed E-state index contributed by atoms with van der Waals surface area (Å²) in [5.41, 5.74) is 9.97. The van der Waals surface area contributed by atoms with Crippen LogP contribution >= 0.6 is 0 Å². The minimum absolute atomic E-state index is 0.345. The summed E-state index contributed by atoms with van der Waals surface area (Å²) in [5, 5.41) is 5.16. The van der Waals surface area contributed by atoms with E-state index in [4.69, 9.17) is 4.74 Å². The number of ether oxygens (including phenoxy) is 1. The normalized spacial score (nSPS) is 11.1. The van der Waals surface area contributed by atoms with Gasteiger partial charge < -0.3 is 9.72 Å². The number of fused-ring (bicyclic) bond motifs is 1. The summed E-state index contributed by atoms with van der Waals surface area (Å²) >= 11 is 0. The van der Waals surface area contributed by atoms with Gasteiger partial charge in [-0.15, -0.1) is 0 Å². The first kappa shape index (κ1) is 24.7. The predicted molar refractivity (Wildman–Crippen MR) is 151 cm³/mol. The van der Waals surface area contributed by atoms with Crippen LogP contribution in [0.1, 0.15) is 43.1 Å². The van der Waals surface area contributed by atoms with Gasteiger partial charge in [0, 0.05) is 22.0 Å². The molecule has 0 unspecified atom stereocenters. The summed E-state index contributed by atoms with van der Waals surface area (Å²) in [4.78, 5) is 29.3. The van der Waals surface area contributed by atoms with Gasteiger partial charge in [-0.3, -0.25) is 4.79 Å². The van der Waals surface area contributed by atoms with Crippen LogP contribution in [0.5, 0.6) is 5.75 Å². The number of aromatic nitrogens is 1. The van der Waals surface area contributed by atoms with Crippen molar-refractivity contribution in [2.45, 2.75) is 20.8 Å². The van der Waals surface area contributed by atoms with E-state index in [0.29, 0.717) is 22.6 Å². The van der Waals surface area contributed by atoms with E-state index in [1.54, 1.807) is 30.3 Å². The average molecular weight is 502 g/mol. The summed E-state index contributed by atoms with van der Waals surface area (Å²) < 4.78 is 5.61. The van der Waals surface area contributed by atoms with Crippen molar-refractivity contribution in [1.29, 1.82) is 0 Å². The number of nitrogens with one attached hydrogen (secondary N) is 2. The Balaban J connectivity index is 1.41. The van der Waals surface area contributed by atoms with Gasteiger partial charge in [0.05, 0.1) is 11.8 Å². The third kappa shape index (κ3) is 5.11. The van der Waals surface area contributed by atoms with Crippen molar-refractivity contribution >= 4 is 29.0 Å². The number of rotatable bonds is 6. The quantitative estimate of drug-likeness (QED) is 0.117. The van der Waals surface area contributed by atoms with Crippen LogP contribution in [-0.4, -0.2) is 23.1 Å². The number of amides is 1. The molecule has 6 nitrogen and oxygen atoms in total. The lowest BCUT2D eigenvalue weighted by Crippen LogP contribution is -2.19. The number of hydrogen-bond acceptors (Lipinski definition) is 4. The van der Waals surface area contributed by atoms with Gasteiger partial charge in [0.2, 0.25) is 0 Å². The molecule has 1 heterocycles. The fraction of sp³-hybridized carbons (Fsp3) is 0.0938. The number of nitrogens with zero attached hydrogens (tertiary/aromatic N) is 1. The summed E-state index contributed by atoms with van der Waals surface area (Å²) in [6.45, 7) is 6.02. The zero-order valence-electron chi connectivity index (χ0n) is 21.4. The van der Waals surface area contributed by atoms with Crippen LogP contribution in [0.4, 0.5) is 0 Å². The van der Waals surface area contributed by atoms with Crippen molar-refractivity contribution in [2.75, 3.05) is 0 Å². The molecule has 0 saturated heterocycles. The van der Waals surface area contributed by atoms with E-state index in [9.17, 15) is 9.59 Å². The van der Waals surface area contributed by atoms with E-state index in [0.717, 1.165) is 38.7 Å². The van der Waals surface area contributed by atoms with Gasteiger partial charge in [0.15, 0.2) is 0 Å². The summed E-state index contributed by atoms with van der Waals surface area (Å²) in [7, 11) is 0. The Morgan fingerprint density at radius 2 is 1.55 bits per heavy atom. The molecule has 0 aliphatic rings. The second-order valence-corrected chi connectivity index (χ2v) is 9.24. The van der Waals surface area contributed by atoms with Crippen molar-refractivity contribution < 1.29 is 14.3 Å². The number of carbonyl (C=O) groups is 2. The van der Waals surface area contributed by atoms with Crippen LogP contribution < -0.4 is 10.2 Å². The lowest BCUT2D eigenvalue weighted by atomic mass is 9.99. The smallest absolute Gasteiger partial charge is 0.343 e. The molecule has 0 fully saturated rings. The Labute approximate surface area is 221 Å². The average Bonchev–Trinajstić information content (AvgIpc) is 3.30. The van der Waals surface area contributed by atoms with Crippen molar-refractivity contribution in [3.8, 4) is 16.9 Å². The molecule has 0 spiro atoms. The molecular formula is C32H27N3O3. The van der Waals surface area contributed by atoms with Gasteiger partial charge in [0.25, 0.3) is 5.91 Å². The Bertz CT molecular complexity index is 1670. The number of hydrogen-bond donors (Lipinski definition) is 2. The number of benzene rings is 4. The third-order valence-electron chi connectivity index (χ3n) is 6.32. The highest BCUT2D eigenvalue weighted by Gasteiger charge is 2.20. The fourth-order valence-electron chi connectivity index (χ4n) is 4.47. The second kappa shape index (κ2) is 10.6. The van der Waals surface area contributed by atoms with Crippen molar-refractivity contribution in [2.24, 2.45) is 5.10 Å². The SMILES string of the molecule is Cc1ccc(C(=O)Oc2ccccc2C=NNC(=O)c2[nH]c3c(C)cc(C)cc3c2-c2ccccc2)cc1. The van der Waals surface area contributed by atoms with E-state index in [-0.39, 0.29) is 5.91 Å². The van der Waals surface area contributed by atoms with Gasteiger partial charge in [-0.05, 0) is 62.2 Å². The largest absolute Gasteiger partial charge is 0.422 e. The van der Waals surface area contributed by atoms with Crippen LogP contribution in [0.3, 0.4) is 0 Å². The molecule has 4 aromatic carbocycles. The van der Waals surface area contributed by atoms with Crippen LogP contribution in [0, 0.1) is 20.8 Å². The van der Waals surface area contributed by atoms with E-state index in [1.807, 2.05) is 69.3 Å². The van der Waals surface area contributed by atoms with Gasteiger partial charge in [-0.2, -0.15) is 5.10 Å². The number of H-pyrrole nitrogens is 1. The maximum atomic E-state index is 13.3. The number of carbonyl (C=O) groups excluding carboxylic acids is 2. The molecule has 1 aromatic heterocycles. The van der Waals surface area contributed by atoms with E-state index in [2.05, 4.69) is 27.6 Å². The van der Waals surface area contributed by atoms with Gasteiger partial charge in [-0.25, -0.2) is 10.2 Å². The Morgan fingerprint density at radius 1 is 0.842 bits per heavy atom. The molecule has 38 heavy (non-hydrogen) atoms. The fourth-order valence-corrected chi connectivity index (χ4v) is 4.47. The first-order valence-electron chi connectivity index (χ1n) is 12.3. The van der Waals surface area contributed by atoms with Crippen LogP contribution in [-0.2, 0) is 0 Å². The molecule has 5 aromatic rings. The summed E-state index contributed by atoms with van der Waals surface area (Å²) in [5.74, 6) is -0.494. The molecule has 1 amide bonds. The first-order valence-corrected chi connectivity index (χ1v) is 12.3. The van der Waals surface area contributed by atoms with Crippen LogP contribution in [0.15, 0.2) is 96.1 Å². The molecule has 0 saturated carbocycles. The van der Waals surface area contributed by atoms with Gasteiger partial charge >= 0.3 is 5.97 Å².